The zero-order valence-corrected chi connectivity index (χ0v) is 14.8. The summed E-state index contributed by atoms with van der Waals surface area (Å²) in [6.45, 7) is 1.90. The van der Waals surface area contributed by atoms with Gasteiger partial charge in [0.05, 0.1) is 12.4 Å². The highest BCUT2D eigenvalue weighted by atomic mass is 32.2. The standard InChI is InChI=1S/C17H18F2N2O3S/c1-4-15(23-2)24-13-7-10(5-6-14(13)25-3)17(22)21-16-11(18)8-20-9-12(16)19/h5-9,15H,4H2,1-3H3,(H,20,21,22). The molecule has 1 heterocycles. The van der Waals surface area contributed by atoms with Crippen LogP contribution in [0.5, 0.6) is 5.75 Å². The van der Waals surface area contributed by atoms with E-state index in [1.54, 1.807) is 12.1 Å². The summed E-state index contributed by atoms with van der Waals surface area (Å²) in [6.07, 6.45) is 3.69. The van der Waals surface area contributed by atoms with Gasteiger partial charge >= 0.3 is 0 Å². The second-order valence-electron chi connectivity index (χ2n) is 4.99. The van der Waals surface area contributed by atoms with Gasteiger partial charge in [-0.1, -0.05) is 6.92 Å². The molecule has 0 saturated carbocycles. The first-order chi connectivity index (χ1) is 12.0. The highest BCUT2D eigenvalue weighted by molar-refractivity contribution is 7.98. The van der Waals surface area contributed by atoms with Crippen LogP contribution in [0.2, 0.25) is 0 Å². The molecule has 1 amide bonds. The average Bonchev–Trinajstić information content (AvgIpc) is 2.62. The van der Waals surface area contributed by atoms with Crippen molar-refractivity contribution < 1.29 is 23.0 Å². The number of pyridine rings is 1. The quantitative estimate of drug-likeness (QED) is 0.589. The molecule has 1 atom stereocenters. The maximum Gasteiger partial charge on any atom is 0.255 e. The first-order valence-electron chi connectivity index (χ1n) is 7.48. The van der Waals surface area contributed by atoms with Crippen molar-refractivity contribution in [1.82, 2.24) is 4.98 Å². The number of nitrogens with one attached hydrogen (secondary N) is 1. The summed E-state index contributed by atoms with van der Waals surface area (Å²) < 4.78 is 38.2. The third kappa shape index (κ3) is 4.67. The summed E-state index contributed by atoms with van der Waals surface area (Å²) in [5.74, 6) is -2.09. The van der Waals surface area contributed by atoms with Gasteiger partial charge in [-0.25, -0.2) is 8.78 Å². The molecule has 1 unspecified atom stereocenters. The van der Waals surface area contributed by atoms with Crippen LogP contribution in [0, 0.1) is 11.6 Å². The predicted octanol–water partition coefficient (Wildman–Crippen LogP) is 4.10. The van der Waals surface area contributed by atoms with E-state index in [4.69, 9.17) is 9.47 Å². The van der Waals surface area contributed by atoms with Gasteiger partial charge in [0, 0.05) is 24.0 Å². The number of carbonyl (C=O) groups excluding carboxylic acids is 1. The number of nitrogens with zero attached hydrogens (tertiary/aromatic N) is 1. The molecule has 0 bridgehead atoms. The van der Waals surface area contributed by atoms with E-state index in [9.17, 15) is 13.6 Å². The number of aromatic nitrogens is 1. The van der Waals surface area contributed by atoms with Crippen molar-refractivity contribution in [2.75, 3.05) is 18.7 Å². The third-order valence-corrected chi connectivity index (χ3v) is 4.15. The van der Waals surface area contributed by atoms with E-state index in [2.05, 4.69) is 10.3 Å². The van der Waals surface area contributed by atoms with E-state index >= 15 is 0 Å². The number of hydrogen-bond donors (Lipinski definition) is 1. The van der Waals surface area contributed by atoms with Crippen LogP contribution >= 0.6 is 11.8 Å². The molecule has 0 aliphatic heterocycles. The normalized spacial score (nSPS) is 11.9. The Balaban J connectivity index is 2.28. The zero-order valence-electron chi connectivity index (χ0n) is 14.0. The van der Waals surface area contributed by atoms with Crippen molar-refractivity contribution in [3.63, 3.8) is 0 Å². The predicted molar refractivity (Wildman–Crippen MR) is 92.0 cm³/mol. The summed E-state index contributed by atoms with van der Waals surface area (Å²) >= 11 is 1.45. The van der Waals surface area contributed by atoms with Crippen LogP contribution in [0.3, 0.4) is 0 Å². The van der Waals surface area contributed by atoms with Crippen LogP contribution < -0.4 is 10.1 Å². The van der Waals surface area contributed by atoms with Crippen LogP contribution in [0.4, 0.5) is 14.5 Å². The summed E-state index contributed by atoms with van der Waals surface area (Å²) in [5.41, 5.74) is -0.339. The fraction of sp³-hybridized carbons (Fsp3) is 0.294. The Bertz CT molecular complexity index is 734. The van der Waals surface area contributed by atoms with Gasteiger partial charge in [0.1, 0.15) is 11.4 Å². The van der Waals surface area contributed by atoms with Crippen molar-refractivity contribution in [3.8, 4) is 5.75 Å². The highest BCUT2D eigenvalue weighted by Crippen LogP contribution is 2.30. The van der Waals surface area contributed by atoms with E-state index in [1.807, 2.05) is 13.2 Å². The van der Waals surface area contributed by atoms with E-state index in [-0.39, 0.29) is 5.56 Å². The van der Waals surface area contributed by atoms with Gasteiger partial charge in [-0.15, -0.1) is 11.8 Å². The average molecular weight is 368 g/mol. The fourth-order valence-corrected chi connectivity index (χ4v) is 2.58. The summed E-state index contributed by atoms with van der Waals surface area (Å²) in [5, 5.41) is 2.22. The topological polar surface area (TPSA) is 60.5 Å². The number of hydrogen-bond acceptors (Lipinski definition) is 5. The number of amides is 1. The van der Waals surface area contributed by atoms with Gasteiger partial charge in [0.2, 0.25) is 0 Å². The number of anilines is 1. The maximum absolute atomic E-state index is 13.6. The molecule has 1 N–H and O–H groups in total. The van der Waals surface area contributed by atoms with Gasteiger partial charge in [-0.2, -0.15) is 0 Å². The van der Waals surface area contributed by atoms with Gasteiger partial charge in [0.15, 0.2) is 17.9 Å². The lowest BCUT2D eigenvalue weighted by Gasteiger charge is -2.18. The van der Waals surface area contributed by atoms with Crippen molar-refractivity contribution in [2.24, 2.45) is 0 Å². The van der Waals surface area contributed by atoms with E-state index in [1.165, 1.54) is 24.9 Å². The molecule has 0 aliphatic carbocycles. The van der Waals surface area contributed by atoms with Crippen molar-refractivity contribution >= 4 is 23.4 Å². The van der Waals surface area contributed by atoms with Crippen LogP contribution in [0.15, 0.2) is 35.5 Å². The molecular formula is C17H18F2N2O3S. The number of thioether (sulfide) groups is 1. The molecule has 0 radical (unpaired) electrons. The number of ether oxygens (including phenoxy) is 2. The van der Waals surface area contributed by atoms with E-state index < -0.39 is 29.5 Å². The van der Waals surface area contributed by atoms with Crippen LogP contribution in [0.25, 0.3) is 0 Å². The lowest BCUT2D eigenvalue weighted by Crippen LogP contribution is -2.19. The minimum absolute atomic E-state index is 0.203. The second kappa shape index (κ2) is 8.77. The molecule has 2 rings (SSSR count). The zero-order chi connectivity index (χ0) is 18.4. The molecule has 5 nitrogen and oxygen atoms in total. The Labute approximate surface area is 148 Å². The smallest absolute Gasteiger partial charge is 0.255 e. The van der Waals surface area contributed by atoms with Crippen LogP contribution in [-0.2, 0) is 4.74 Å². The Morgan fingerprint density at radius 3 is 2.56 bits per heavy atom. The number of rotatable bonds is 7. The van der Waals surface area contributed by atoms with Gasteiger partial charge in [0.25, 0.3) is 5.91 Å². The molecule has 8 heteroatoms. The highest BCUT2D eigenvalue weighted by Gasteiger charge is 2.17. The molecule has 1 aromatic carbocycles. The molecule has 25 heavy (non-hydrogen) atoms. The molecular weight excluding hydrogens is 350 g/mol. The maximum atomic E-state index is 13.6. The number of benzene rings is 1. The minimum atomic E-state index is -0.948. The molecule has 1 aromatic heterocycles. The summed E-state index contributed by atoms with van der Waals surface area (Å²) in [4.78, 5) is 16.5. The van der Waals surface area contributed by atoms with E-state index in [0.717, 1.165) is 17.3 Å². The first-order valence-corrected chi connectivity index (χ1v) is 8.70. The van der Waals surface area contributed by atoms with Crippen molar-refractivity contribution in [3.05, 3.63) is 47.8 Å². The second-order valence-corrected chi connectivity index (χ2v) is 5.84. The molecule has 0 aliphatic rings. The SMILES string of the molecule is CCC(OC)Oc1cc(C(=O)Nc2c(F)cncc2F)ccc1SC. The number of methoxy groups -OCH3 is 1. The van der Waals surface area contributed by atoms with Gasteiger partial charge in [-0.05, 0) is 24.5 Å². The third-order valence-electron chi connectivity index (χ3n) is 3.37. The Kier molecular flexibility index (Phi) is 6.72. The molecule has 2 aromatic rings. The largest absolute Gasteiger partial charge is 0.464 e. The summed E-state index contributed by atoms with van der Waals surface area (Å²) in [7, 11) is 1.53. The molecule has 0 fully saturated rings. The Morgan fingerprint density at radius 1 is 1.32 bits per heavy atom. The number of carbonyl (C=O) groups is 1. The number of halogens is 2. The summed E-state index contributed by atoms with van der Waals surface area (Å²) in [6, 6.07) is 4.77. The first kappa shape index (κ1) is 19.1. The van der Waals surface area contributed by atoms with Crippen LogP contribution in [-0.4, -0.2) is 30.5 Å². The lowest BCUT2D eigenvalue weighted by molar-refractivity contribution is -0.0564. The molecule has 134 valence electrons. The van der Waals surface area contributed by atoms with Crippen molar-refractivity contribution in [2.45, 2.75) is 24.5 Å². The fourth-order valence-electron chi connectivity index (χ4n) is 2.07. The van der Waals surface area contributed by atoms with E-state index in [0.29, 0.717) is 12.2 Å². The molecule has 0 spiro atoms. The minimum Gasteiger partial charge on any atom is -0.464 e. The van der Waals surface area contributed by atoms with Crippen molar-refractivity contribution in [1.29, 1.82) is 0 Å². The van der Waals surface area contributed by atoms with Gasteiger partial charge in [-0.3, -0.25) is 9.78 Å². The Morgan fingerprint density at radius 2 is 2.00 bits per heavy atom. The monoisotopic (exact) mass is 368 g/mol. The van der Waals surface area contributed by atoms with Crippen LogP contribution in [0.1, 0.15) is 23.7 Å². The van der Waals surface area contributed by atoms with Gasteiger partial charge < -0.3 is 14.8 Å². The Hall–Kier alpha value is -2.19. The molecule has 0 saturated heterocycles. The lowest BCUT2D eigenvalue weighted by atomic mass is 10.2.